The van der Waals surface area contributed by atoms with Gasteiger partial charge in [0, 0.05) is 12.1 Å². The van der Waals surface area contributed by atoms with Crippen molar-refractivity contribution in [3.05, 3.63) is 39.9 Å². The van der Waals surface area contributed by atoms with Crippen LogP contribution in [0.4, 0.5) is 5.69 Å². The molecule has 0 aliphatic rings. The molecule has 0 spiro atoms. The van der Waals surface area contributed by atoms with E-state index in [1.54, 1.807) is 0 Å². The van der Waals surface area contributed by atoms with Crippen molar-refractivity contribution in [2.24, 2.45) is 0 Å². The van der Waals surface area contributed by atoms with E-state index in [0.717, 1.165) is 12.1 Å². The van der Waals surface area contributed by atoms with Gasteiger partial charge in [-0.15, -0.1) is 0 Å². The molecule has 0 bridgehead atoms. The normalized spacial score (nSPS) is 8.62. The van der Waals surface area contributed by atoms with Crippen LogP contribution in [0.5, 0.6) is 0 Å². The summed E-state index contributed by atoms with van der Waals surface area (Å²) < 4.78 is 0. The van der Waals surface area contributed by atoms with Crippen LogP contribution in [0.1, 0.15) is 10.4 Å². The van der Waals surface area contributed by atoms with Crippen molar-refractivity contribution in [1.29, 1.82) is 0 Å². The molecule has 0 heterocycles. The van der Waals surface area contributed by atoms with Crippen molar-refractivity contribution in [3.63, 3.8) is 0 Å². The second-order valence-electron chi connectivity index (χ2n) is 2.11. The van der Waals surface area contributed by atoms with Crippen LogP contribution < -0.4 is 0 Å². The van der Waals surface area contributed by atoms with Gasteiger partial charge in [-0.25, -0.2) is 4.79 Å². The fourth-order valence-corrected chi connectivity index (χ4v) is 0.726. The third kappa shape index (κ3) is 2.90. The summed E-state index contributed by atoms with van der Waals surface area (Å²) in [5.74, 6) is -1.09. The molecule has 13 heavy (non-hydrogen) atoms. The molecule has 1 N–H and O–H groups in total. The van der Waals surface area contributed by atoms with E-state index in [1.165, 1.54) is 12.1 Å². The van der Waals surface area contributed by atoms with Gasteiger partial charge >= 0.3 is 24.8 Å². The van der Waals surface area contributed by atoms with E-state index in [-0.39, 0.29) is 30.1 Å². The molecule has 0 radical (unpaired) electrons. The standard InChI is InChI=1S/C7H5NO4.Li.H/c9-7(10)5-1-3-6(4-2-5)8(11)12;;/h1-4H,(H,9,10);;. The summed E-state index contributed by atoms with van der Waals surface area (Å²) >= 11 is 0. The van der Waals surface area contributed by atoms with E-state index >= 15 is 0 Å². The van der Waals surface area contributed by atoms with Gasteiger partial charge in [-0.1, -0.05) is 0 Å². The Balaban J connectivity index is 0.00000144. The SMILES string of the molecule is O=C(O)c1ccc([N+](=O)[O-])cc1.[LiH]. The zero-order valence-corrected chi connectivity index (χ0v) is 5.93. The molecule has 0 atom stereocenters. The molecule has 0 aliphatic carbocycles. The fourth-order valence-electron chi connectivity index (χ4n) is 0.726. The molecule has 1 rings (SSSR count). The average molecular weight is 175 g/mol. The zero-order chi connectivity index (χ0) is 9.14. The van der Waals surface area contributed by atoms with Crippen LogP contribution in [0.2, 0.25) is 0 Å². The number of rotatable bonds is 2. The second-order valence-corrected chi connectivity index (χ2v) is 2.11. The molecule has 1 aromatic rings. The first-order valence-corrected chi connectivity index (χ1v) is 3.09. The van der Waals surface area contributed by atoms with E-state index in [1.807, 2.05) is 0 Å². The summed E-state index contributed by atoms with van der Waals surface area (Å²) in [6.45, 7) is 0. The summed E-state index contributed by atoms with van der Waals surface area (Å²) in [4.78, 5) is 19.9. The number of non-ortho nitro benzene ring substituents is 1. The summed E-state index contributed by atoms with van der Waals surface area (Å²) in [7, 11) is 0. The van der Waals surface area contributed by atoms with Crippen LogP contribution in [-0.4, -0.2) is 34.9 Å². The summed E-state index contributed by atoms with van der Waals surface area (Å²) in [6.07, 6.45) is 0. The van der Waals surface area contributed by atoms with Gasteiger partial charge in [0.25, 0.3) is 5.69 Å². The van der Waals surface area contributed by atoms with Crippen LogP contribution in [0.15, 0.2) is 24.3 Å². The Bertz CT molecular complexity index is 289. The number of benzene rings is 1. The van der Waals surface area contributed by atoms with E-state index in [4.69, 9.17) is 5.11 Å². The molecule has 0 amide bonds. The predicted molar refractivity (Wildman–Crippen MR) is 47.2 cm³/mol. The van der Waals surface area contributed by atoms with Gasteiger partial charge in [0.1, 0.15) is 0 Å². The Labute approximate surface area is 85.7 Å². The number of nitro groups is 1. The number of carboxylic acids is 1. The number of carbonyl (C=O) groups is 1. The maximum absolute atomic E-state index is 10.3. The molecule has 5 nitrogen and oxygen atoms in total. The van der Waals surface area contributed by atoms with Crippen LogP contribution in [-0.2, 0) is 0 Å². The van der Waals surface area contributed by atoms with Crippen LogP contribution in [0, 0.1) is 10.1 Å². The Morgan fingerprint density at radius 2 is 1.77 bits per heavy atom. The van der Waals surface area contributed by atoms with Gasteiger partial charge in [0.05, 0.1) is 10.5 Å². The second kappa shape index (κ2) is 4.65. The van der Waals surface area contributed by atoms with E-state index in [9.17, 15) is 14.9 Å². The number of aromatic carboxylic acids is 1. The Morgan fingerprint density at radius 1 is 1.31 bits per heavy atom. The summed E-state index contributed by atoms with van der Waals surface area (Å²) in [5, 5.41) is 18.6. The van der Waals surface area contributed by atoms with Gasteiger partial charge in [0.2, 0.25) is 0 Å². The third-order valence-corrected chi connectivity index (χ3v) is 1.33. The van der Waals surface area contributed by atoms with E-state index in [0.29, 0.717) is 0 Å². The summed E-state index contributed by atoms with van der Waals surface area (Å²) in [6, 6.07) is 4.70. The number of hydrogen-bond donors (Lipinski definition) is 1. The van der Waals surface area contributed by atoms with Crippen LogP contribution in [0.25, 0.3) is 0 Å². The zero-order valence-electron chi connectivity index (χ0n) is 5.93. The first-order chi connectivity index (χ1) is 5.61. The van der Waals surface area contributed by atoms with Gasteiger partial charge in [-0.05, 0) is 12.1 Å². The van der Waals surface area contributed by atoms with Crippen LogP contribution in [0.3, 0.4) is 0 Å². The topological polar surface area (TPSA) is 80.4 Å². The van der Waals surface area contributed by atoms with Crippen molar-refractivity contribution < 1.29 is 14.8 Å². The maximum atomic E-state index is 10.3. The quantitative estimate of drug-likeness (QED) is 0.406. The monoisotopic (exact) mass is 175 g/mol. The minimum atomic E-state index is -1.09. The van der Waals surface area contributed by atoms with Crippen molar-refractivity contribution in [2.75, 3.05) is 0 Å². The molecular formula is C7H6LiNO4. The molecule has 6 heteroatoms. The molecular weight excluding hydrogens is 169 g/mol. The number of hydrogen-bond acceptors (Lipinski definition) is 3. The van der Waals surface area contributed by atoms with Crippen molar-refractivity contribution in [3.8, 4) is 0 Å². The molecule has 0 aromatic heterocycles. The van der Waals surface area contributed by atoms with Gasteiger partial charge < -0.3 is 5.11 Å². The predicted octanol–water partition coefficient (Wildman–Crippen LogP) is 0.644. The minimum absolute atomic E-state index is 0. The number of nitrogens with zero attached hydrogens (tertiary/aromatic N) is 1. The van der Waals surface area contributed by atoms with Gasteiger partial charge in [-0.3, -0.25) is 10.1 Å². The fraction of sp³-hybridized carbons (Fsp3) is 0. The first kappa shape index (κ1) is 11.7. The molecule has 0 unspecified atom stereocenters. The molecule has 0 saturated carbocycles. The third-order valence-electron chi connectivity index (χ3n) is 1.33. The van der Waals surface area contributed by atoms with Gasteiger partial charge in [0.15, 0.2) is 0 Å². The molecule has 0 aliphatic heterocycles. The number of nitro benzene ring substituents is 1. The van der Waals surface area contributed by atoms with Crippen LogP contribution >= 0.6 is 0 Å². The first-order valence-electron chi connectivity index (χ1n) is 3.09. The summed E-state index contributed by atoms with van der Waals surface area (Å²) in [5.41, 5.74) is -0.0689. The molecule has 0 saturated heterocycles. The van der Waals surface area contributed by atoms with Crippen molar-refractivity contribution in [2.45, 2.75) is 0 Å². The van der Waals surface area contributed by atoms with Crippen molar-refractivity contribution >= 4 is 30.5 Å². The van der Waals surface area contributed by atoms with Gasteiger partial charge in [-0.2, -0.15) is 0 Å². The van der Waals surface area contributed by atoms with E-state index < -0.39 is 10.9 Å². The Morgan fingerprint density at radius 3 is 2.08 bits per heavy atom. The van der Waals surface area contributed by atoms with E-state index in [2.05, 4.69) is 0 Å². The molecule has 1 aromatic carbocycles. The average Bonchev–Trinajstić information content (AvgIpc) is 2.04. The van der Waals surface area contributed by atoms with Crippen molar-refractivity contribution in [1.82, 2.24) is 0 Å². The number of carboxylic acid groups (broad SMARTS) is 1. The Hall–Kier alpha value is -1.31. The molecule has 0 fully saturated rings. The molecule has 64 valence electrons. The Kier molecular flexibility index (Phi) is 4.18.